The molecule has 0 aliphatic carbocycles. The Hall–Kier alpha value is -2.02. The number of amides is 1. The lowest BCUT2D eigenvalue weighted by molar-refractivity contribution is 0.0786. The molecule has 5 nitrogen and oxygen atoms in total. The van der Waals surface area contributed by atoms with Gasteiger partial charge in [-0.3, -0.25) is 9.48 Å². The largest absolute Gasteiger partial charge is 0.489 e. The zero-order valence-electron chi connectivity index (χ0n) is 15.9. The van der Waals surface area contributed by atoms with Gasteiger partial charge in [0.25, 0.3) is 5.91 Å². The normalized spacial score (nSPS) is 10.9. The van der Waals surface area contributed by atoms with Crippen LogP contribution in [-0.4, -0.2) is 27.6 Å². The van der Waals surface area contributed by atoms with Gasteiger partial charge in [-0.05, 0) is 49.1 Å². The van der Waals surface area contributed by atoms with Crippen LogP contribution in [0.4, 0.5) is 0 Å². The molecule has 1 amide bonds. The lowest BCUT2D eigenvalue weighted by Crippen LogP contribution is -2.27. The molecule has 0 bridgehead atoms. The second kappa shape index (κ2) is 8.99. The zero-order chi connectivity index (χ0) is 20.3. The van der Waals surface area contributed by atoms with E-state index >= 15 is 0 Å². The third kappa shape index (κ3) is 4.69. The van der Waals surface area contributed by atoms with Crippen LogP contribution in [0.2, 0.25) is 10.0 Å². The van der Waals surface area contributed by atoms with Gasteiger partial charge in [0.2, 0.25) is 0 Å². The van der Waals surface area contributed by atoms with E-state index in [1.807, 2.05) is 37.4 Å². The highest BCUT2D eigenvalue weighted by atomic mass is 35.5. The first kappa shape index (κ1) is 20.7. The molecule has 0 saturated carbocycles. The number of carbonyl (C=O) groups is 1. The Kier molecular flexibility index (Phi) is 6.65. The van der Waals surface area contributed by atoms with Crippen LogP contribution in [0.5, 0.6) is 5.75 Å². The molecule has 0 N–H and O–H groups in total. The van der Waals surface area contributed by atoms with Crippen LogP contribution in [-0.2, 0) is 19.7 Å². The fourth-order valence-corrected chi connectivity index (χ4v) is 4.12. The van der Waals surface area contributed by atoms with Crippen molar-refractivity contribution in [3.63, 3.8) is 0 Å². The first-order valence-electron chi connectivity index (χ1n) is 8.81. The third-order valence-electron chi connectivity index (χ3n) is 4.33. The summed E-state index contributed by atoms with van der Waals surface area (Å²) >= 11 is 13.6. The van der Waals surface area contributed by atoms with Gasteiger partial charge in [-0.25, -0.2) is 0 Å². The number of ether oxygens (including phenoxy) is 1. The van der Waals surface area contributed by atoms with Crippen molar-refractivity contribution in [3.8, 4) is 5.75 Å². The van der Waals surface area contributed by atoms with Gasteiger partial charge in [0.15, 0.2) is 0 Å². The number of carbonyl (C=O) groups excluding carboxylic acids is 1. The molecule has 8 heteroatoms. The average molecular weight is 438 g/mol. The number of aryl methyl sites for hydroxylation is 2. The summed E-state index contributed by atoms with van der Waals surface area (Å²) in [7, 11) is 1.76. The van der Waals surface area contributed by atoms with Crippen molar-refractivity contribution in [1.82, 2.24) is 14.7 Å². The minimum Gasteiger partial charge on any atom is -0.489 e. The quantitative estimate of drug-likeness (QED) is 0.494. The summed E-state index contributed by atoms with van der Waals surface area (Å²) in [6, 6.07) is 7.38. The maximum Gasteiger partial charge on any atom is 0.264 e. The van der Waals surface area contributed by atoms with E-state index in [1.165, 1.54) is 11.3 Å². The number of hydrogen-bond donors (Lipinski definition) is 0. The van der Waals surface area contributed by atoms with Crippen molar-refractivity contribution in [2.24, 2.45) is 0 Å². The number of benzene rings is 1. The molecule has 0 unspecified atom stereocenters. The van der Waals surface area contributed by atoms with Crippen LogP contribution in [0, 0.1) is 6.92 Å². The number of nitrogens with zero attached hydrogens (tertiary/aromatic N) is 3. The first-order valence-corrected chi connectivity index (χ1v) is 10.4. The Morgan fingerprint density at radius 1 is 1.32 bits per heavy atom. The zero-order valence-corrected chi connectivity index (χ0v) is 18.2. The summed E-state index contributed by atoms with van der Waals surface area (Å²) in [6.07, 6.45) is 1.61. The van der Waals surface area contributed by atoms with Gasteiger partial charge in [-0.1, -0.05) is 23.2 Å². The summed E-state index contributed by atoms with van der Waals surface area (Å²) in [5.74, 6) is 0.724. The molecule has 148 valence electrons. The number of aromatic nitrogens is 2. The van der Waals surface area contributed by atoms with Gasteiger partial charge < -0.3 is 9.64 Å². The highest BCUT2D eigenvalue weighted by Gasteiger charge is 2.18. The molecular weight excluding hydrogens is 417 g/mol. The van der Waals surface area contributed by atoms with E-state index in [1.54, 1.807) is 28.9 Å². The van der Waals surface area contributed by atoms with Crippen molar-refractivity contribution < 1.29 is 9.53 Å². The van der Waals surface area contributed by atoms with Crippen LogP contribution in [0.15, 0.2) is 35.8 Å². The molecule has 0 aliphatic rings. The Morgan fingerprint density at radius 2 is 2.11 bits per heavy atom. The summed E-state index contributed by atoms with van der Waals surface area (Å²) in [5.41, 5.74) is 2.76. The molecule has 0 saturated heterocycles. The van der Waals surface area contributed by atoms with Gasteiger partial charge in [0.1, 0.15) is 12.4 Å². The van der Waals surface area contributed by atoms with Gasteiger partial charge in [-0.15, -0.1) is 11.3 Å². The number of rotatable bonds is 7. The van der Waals surface area contributed by atoms with Crippen molar-refractivity contribution in [3.05, 3.63) is 67.6 Å². The molecular formula is C20H21Cl2N3O2S. The minimum absolute atomic E-state index is 0.0566. The van der Waals surface area contributed by atoms with Gasteiger partial charge in [-0.2, -0.15) is 5.10 Å². The molecule has 2 aromatic heterocycles. The van der Waals surface area contributed by atoms with Crippen molar-refractivity contribution in [2.45, 2.75) is 33.5 Å². The van der Waals surface area contributed by atoms with Crippen LogP contribution in [0.25, 0.3) is 0 Å². The second-order valence-electron chi connectivity index (χ2n) is 6.43. The summed E-state index contributed by atoms with van der Waals surface area (Å²) in [4.78, 5) is 15.1. The Bertz CT molecular complexity index is 984. The van der Waals surface area contributed by atoms with Crippen LogP contribution in [0.1, 0.15) is 33.4 Å². The highest BCUT2D eigenvalue weighted by molar-refractivity contribution is 7.12. The summed E-state index contributed by atoms with van der Waals surface area (Å²) < 4.78 is 7.66. The maximum atomic E-state index is 12.8. The van der Waals surface area contributed by atoms with E-state index in [0.29, 0.717) is 34.6 Å². The lowest BCUT2D eigenvalue weighted by Gasteiger charge is -2.17. The van der Waals surface area contributed by atoms with Gasteiger partial charge in [0.05, 0.1) is 28.3 Å². The first-order chi connectivity index (χ1) is 13.4. The average Bonchev–Trinajstić information content (AvgIpc) is 3.27. The topological polar surface area (TPSA) is 47.4 Å². The number of halogens is 2. The number of hydrogen-bond acceptors (Lipinski definition) is 4. The molecule has 0 spiro atoms. The van der Waals surface area contributed by atoms with Crippen molar-refractivity contribution in [2.75, 3.05) is 7.05 Å². The van der Waals surface area contributed by atoms with Crippen molar-refractivity contribution >= 4 is 40.4 Å². The van der Waals surface area contributed by atoms with E-state index < -0.39 is 0 Å². The predicted octanol–water partition coefficient (Wildman–Crippen LogP) is 5.43. The Labute approximate surface area is 178 Å². The molecule has 0 radical (unpaired) electrons. The maximum absolute atomic E-state index is 12.8. The molecule has 0 fully saturated rings. The van der Waals surface area contributed by atoms with Gasteiger partial charge >= 0.3 is 0 Å². The number of thiophene rings is 1. The smallest absolute Gasteiger partial charge is 0.264 e. The molecule has 2 heterocycles. The predicted molar refractivity (Wildman–Crippen MR) is 114 cm³/mol. The lowest BCUT2D eigenvalue weighted by atomic mass is 10.2. The van der Waals surface area contributed by atoms with E-state index in [-0.39, 0.29) is 5.91 Å². The highest BCUT2D eigenvalue weighted by Crippen LogP contribution is 2.25. The van der Waals surface area contributed by atoms with Crippen LogP contribution >= 0.6 is 34.5 Å². The van der Waals surface area contributed by atoms with E-state index in [4.69, 9.17) is 27.9 Å². The third-order valence-corrected chi connectivity index (χ3v) is 5.84. The molecule has 0 aliphatic heterocycles. The fraction of sp³-hybridized carbons (Fsp3) is 0.300. The van der Waals surface area contributed by atoms with E-state index in [2.05, 4.69) is 5.10 Å². The van der Waals surface area contributed by atoms with Gasteiger partial charge in [0, 0.05) is 24.2 Å². The molecule has 0 atom stereocenters. The Morgan fingerprint density at radius 3 is 2.82 bits per heavy atom. The van der Waals surface area contributed by atoms with Crippen LogP contribution < -0.4 is 4.74 Å². The fourth-order valence-electron chi connectivity index (χ4n) is 2.80. The molecule has 1 aromatic carbocycles. The monoisotopic (exact) mass is 437 g/mol. The summed E-state index contributed by atoms with van der Waals surface area (Å²) in [6.45, 7) is 5.44. The second-order valence-corrected chi connectivity index (χ2v) is 8.19. The van der Waals surface area contributed by atoms with E-state index in [9.17, 15) is 4.79 Å². The summed E-state index contributed by atoms with van der Waals surface area (Å²) in [5, 5.41) is 7.40. The van der Waals surface area contributed by atoms with Crippen LogP contribution in [0.3, 0.4) is 0 Å². The Balaban J connectivity index is 1.64. The molecule has 3 rings (SSSR count). The molecule has 28 heavy (non-hydrogen) atoms. The standard InChI is InChI=1S/C20H21Cl2N3O2S/c1-4-25-17(16(22)9-23-25)10-24(3)20(26)19-8-14(12-28-19)11-27-18-6-5-15(21)7-13(18)2/h5-9,12H,4,10-11H2,1-3H3. The molecule has 3 aromatic rings. The van der Waals surface area contributed by atoms with E-state index in [0.717, 1.165) is 22.6 Å². The van der Waals surface area contributed by atoms with Crippen molar-refractivity contribution in [1.29, 1.82) is 0 Å². The SMILES string of the molecule is CCn1ncc(Cl)c1CN(C)C(=O)c1cc(COc2ccc(Cl)cc2C)cs1. The minimum atomic E-state index is -0.0566.